The van der Waals surface area contributed by atoms with Crippen molar-refractivity contribution in [1.82, 2.24) is 14.8 Å². The summed E-state index contributed by atoms with van der Waals surface area (Å²) in [6.45, 7) is 7.34. The van der Waals surface area contributed by atoms with E-state index in [4.69, 9.17) is 0 Å². The molecule has 1 amide bonds. The summed E-state index contributed by atoms with van der Waals surface area (Å²) in [5.41, 5.74) is 2.37. The monoisotopic (exact) mass is 345 g/mol. The maximum Gasteiger partial charge on any atom is 0.255 e. The smallest absolute Gasteiger partial charge is 0.255 e. The number of aryl methyl sites for hydroxylation is 1. The molecule has 128 valence electrons. The van der Waals surface area contributed by atoms with Crippen LogP contribution < -0.4 is 0 Å². The third kappa shape index (κ3) is 3.83. The topological polar surface area (TPSA) is 56.7 Å². The Kier molecular flexibility index (Phi) is 5.28. The van der Waals surface area contributed by atoms with E-state index < -0.39 is 0 Å². The fourth-order valence-electron chi connectivity index (χ4n) is 3.03. The maximum absolute atomic E-state index is 12.8. The van der Waals surface area contributed by atoms with Gasteiger partial charge in [0.2, 0.25) is 0 Å². The van der Waals surface area contributed by atoms with Crippen molar-refractivity contribution in [3.63, 3.8) is 0 Å². The minimum Gasteiger partial charge on any atom is -0.392 e. The second kappa shape index (κ2) is 7.42. The summed E-state index contributed by atoms with van der Waals surface area (Å²) in [5, 5.41) is 11.5. The van der Waals surface area contributed by atoms with E-state index in [0.717, 1.165) is 29.4 Å². The number of aliphatic hydroxyl groups is 1. The van der Waals surface area contributed by atoms with E-state index >= 15 is 0 Å². The summed E-state index contributed by atoms with van der Waals surface area (Å²) in [6, 6.07) is 7.86. The molecule has 2 aromatic heterocycles. The largest absolute Gasteiger partial charge is 0.392 e. The molecule has 0 saturated carbocycles. The predicted molar refractivity (Wildman–Crippen MR) is 96.3 cm³/mol. The van der Waals surface area contributed by atoms with Crippen LogP contribution in [0.15, 0.2) is 29.6 Å². The molecule has 3 rings (SSSR count). The van der Waals surface area contributed by atoms with Crippen molar-refractivity contribution in [2.45, 2.75) is 20.0 Å². The number of hydrogen-bond acceptors (Lipinski definition) is 5. The number of nitrogens with zero attached hydrogens (tertiary/aromatic N) is 3. The number of aliphatic hydroxyl groups excluding tert-OH is 1. The van der Waals surface area contributed by atoms with Gasteiger partial charge in [-0.3, -0.25) is 14.7 Å². The molecule has 0 aromatic carbocycles. The number of amides is 1. The van der Waals surface area contributed by atoms with E-state index in [2.05, 4.69) is 9.88 Å². The SMILES string of the molecule is Cc1nc(-c2cccs2)ccc1C(=O)N1CCN(C[C@@H](C)O)CC1. The molecule has 0 spiro atoms. The van der Waals surface area contributed by atoms with Gasteiger partial charge in [0.05, 0.1) is 27.9 Å². The van der Waals surface area contributed by atoms with Crippen molar-refractivity contribution in [3.8, 4) is 10.6 Å². The van der Waals surface area contributed by atoms with E-state index in [1.807, 2.05) is 41.5 Å². The Labute approximate surface area is 146 Å². The summed E-state index contributed by atoms with van der Waals surface area (Å²) in [5.74, 6) is 0.0504. The number of pyridine rings is 1. The van der Waals surface area contributed by atoms with Gasteiger partial charge in [-0.05, 0) is 37.4 Å². The molecule has 1 aliphatic heterocycles. The number of rotatable bonds is 4. The lowest BCUT2D eigenvalue weighted by atomic mass is 10.1. The first-order valence-corrected chi connectivity index (χ1v) is 9.14. The molecule has 0 aliphatic carbocycles. The lowest BCUT2D eigenvalue weighted by Crippen LogP contribution is -2.50. The summed E-state index contributed by atoms with van der Waals surface area (Å²) in [7, 11) is 0. The van der Waals surface area contributed by atoms with Gasteiger partial charge in [0, 0.05) is 32.7 Å². The highest BCUT2D eigenvalue weighted by Gasteiger charge is 2.24. The Morgan fingerprint density at radius 3 is 2.62 bits per heavy atom. The van der Waals surface area contributed by atoms with Crippen molar-refractivity contribution < 1.29 is 9.90 Å². The van der Waals surface area contributed by atoms with Gasteiger partial charge in [0.25, 0.3) is 5.91 Å². The molecule has 0 unspecified atom stereocenters. The van der Waals surface area contributed by atoms with Gasteiger partial charge in [0.15, 0.2) is 0 Å². The highest BCUT2D eigenvalue weighted by molar-refractivity contribution is 7.13. The van der Waals surface area contributed by atoms with Crippen molar-refractivity contribution in [1.29, 1.82) is 0 Å². The van der Waals surface area contributed by atoms with Gasteiger partial charge in [-0.1, -0.05) is 6.07 Å². The fraction of sp³-hybridized carbons (Fsp3) is 0.444. The molecular formula is C18H23N3O2S. The zero-order valence-corrected chi connectivity index (χ0v) is 14.9. The Bertz CT molecular complexity index is 692. The average Bonchev–Trinajstić information content (AvgIpc) is 3.09. The van der Waals surface area contributed by atoms with Gasteiger partial charge in [0.1, 0.15) is 0 Å². The van der Waals surface area contributed by atoms with Crippen LogP contribution in [0.25, 0.3) is 10.6 Å². The van der Waals surface area contributed by atoms with Gasteiger partial charge in [-0.15, -0.1) is 11.3 Å². The molecule has 24 heavy (non-hydrogen) atoms. The van der Waals surface area contributed by atoms with Crippen LogP contribution in [0.1, 0.15) is 23.0 Å². The normalized spacial score (nSPS) is 17.0. The summed E-state index contributed by atoms with van der Waals surface area (Å²) in [6.07, 6.45) is -0.330. The van der Waals surface area contributed by atoms with Crippen LogP contribution >= 0.6 is 11.3 Å². The van der Waals surface area contributed by atoms with Crippen LogP contribution in [0.5, 0.6) is 0 Å². The highest BCUT2D eigenvalue weighted by atomic mass is 32.1. The zero-order valence-electron chi connectivity index (χ0n) is 14.1. The van der Waals surface area contributed by atoms with Crippen LogP contribution in [0.3, 0.4) is 0 Å². The van der Waals surface area contributed by atoms with Crippen LogP contribution in [0, 0.1) is 6.92 Å². The quantitative estimate of drug-likeness (QED) is 0.923. The highest BCUT2D eigenvalue weighted by Crippen LogP contribution is 2.24. The van der Waals surface area contributed by atoms with Crippen LogP contribution in [0.2, 0.25) is 0 Å². The lowest BCUT2D eigenvalue weighted by Gasteiger charge is -2.35. The zero-order chi connectivity index (χ0) is 17.1. The molecule has 5 nitrogen and oxygen atoms in total. The molecule has 1 N–H and O–H groups in total. The first kappa shape index (κ1) is 17.1. The van der Waals surface area contributed by atoms with Crippen LogP contribution in [-0.4, -0.2) is 64.6 Å². The van der Waals surface area contributed by atoms with E-state index in [0.29, 0.717) is 25.2 Å². The van der Waals surface area contributed by atoms with Crippen molar-refractivity contribution >= 4 is 17.2 Å². The van der Waals surface area contributed by atoms with Crippen molar-refractivity contribution in [2.75, 3.05) is 32.7 Å². The predicted octanol–water partition coefficient (Wildman–Crippen LogP) is 2.26. The fourth-order valence-corrected chi connectivity index (χ4v) is 3.72. The third-order valence-electron chi connectivity index (χ3n) is 4.27. The summed E-state index contributed by atoms with van der Waals surface area (Å²) in [4.78, 5) is 22.6. The van der Waals surface area contributed by atoms with Gasteiger partial charge in [-0.25, -0.2) is 0 Å². The summed E-state index contributed by atoms with van der Waals surface area (Å²) >= 11 is 1.65. The molecular weight excluding hydrogens is 322 g/mol. The van der Waals surface area contributed by atoms with E-state index in [1.165, 1.54) is 0 Å². The lowest BCUT2D eigenvalue weighted by molar-refractivity contribution is 0.0553. The number of carbonyl (C=O) groups is 1. The molecule has 6 heteroatoms. The molecule has 1 atom stereocenters. The Hall–Kier alpha value is -1.76. The maximum atomic E-state index is 12.8. The second-order valence-electron chi connectivity index (χ2n) is 6.25. The Morgan fingerprint density at radius 1 is 1.29 bits per heavy atom. The second-order valence-corrected chi connectivity index (χ2v) is 7.20. The van der Waals surface area contributed by atoms with Crippen LogP contribution in [0.4, 0.5) is 0 Å². The number of carbonyl (C=O) groups excluding carboxylic acids is 1. The molecule has 0 bridgehead atoms. The Balaban J connectivity index is 1.67. The number of aromatic nitrogens is 1. The molecule has 0 radical (unpaired) electrons. The van der Waals surface area contributed by atoms with Crippen molar-refractivity contribution in [3.05, 3.63) is 40.9 Å². The first-order chi connectivity index (χ1) is 11.5. The standard InChI is InChI=1S/C18H23N3O2S/c1-13(22)12-20-7-9-21(10-8-20)18(23)15-5-6-16(19-14(15)2)17-4-3-11-24-17/h3-6,11,13,22H,7-10,12H2,1-2H3/t13-/m1/s1. The van der Waals surface area contributed by atoms with E-state index in [1.54, 1.807) is 18.3 Å². The molecule has 1 fully saturated rings. The molecule has 3 heterocycles. The number of thiophene rings is 1. The van der Waals surface area contributed by atoms with Crippen molar-refractivity contribution in [2.24, 2.45) is 0 Å². The first-order valence-electron chi connectivity index (χ1n) is 8.26. The molecule has 2 aromatic rings. The number of β-amino-alcohol motifs (C(OH)–C–C–N with tert-alkyl or cyclic N) is 1. The summed E-state index contributed by atoms with van der Waals surface area (Å²) < 4.78 is 0. The van der Waals surface area contributed by atoms with Gasteiger partial charge < -0.3 is 10.0 Å². The van der Waals surface area contributed by atoms with E-state index in [-0.39, 0.29) is 12.0 Å². The van der Waals surface area contributed by atoms with Gasteiger partial charge >= 0.3 is 0 Å². The molecule has 1 saturated heterocycles. The Morgan fingerprint density at radius 2 is 2.04 bits per heavy atom. The molecule has 1 aliphatic rings. The average molecular weight is 345 g/mol. The third-order valence-corrected chi connectivity index (χ3v) is 5.16. The van der Waals surface area contributed by atoms with Crippen LogP contribution in [-0.2, 0) is 0 Å². The van der Waals surface area contributed by atoms with E-state index in [9.17, 15) is 9.90 Å². The number of hydrogen-bond donors (Lipinski definition) is 1. The van der Waals surface area contributed by atoms with Gasteiger partial charge in [-0.2, -0.15) is 0 Å². The number of piperazine rings is 1. The minimum absolute atomic E-state index is 0.0504. The minimum atomic E-state index is -0.330.